The molecule has 0 bridgehead atoms. The van der Waals surface area contributed by atoms with E-state index in [1.165, 1.54) is 23.8 Å². The lowest BCUT2D eigenvalue weighted by molar-refractivity contribution is -0.163. The number of esters is 1. The molecule has 2 atom stereocenters. The molecule has 0 aromatic carbocycles. The highest BCUT2D eigenvalue weighted by Gasteiger charge is 2.50. The quantitative estimate of drug-likeness (QED) is 0.559. The molecule has 1 aliphatic heterocycles. The van der Waals surface area contributed by atoms with E-state index in [1.807, 2.05) is 13.8 Å². The Kier molecular flexibility index (Phi) is 6.26. The highest BCUT2D eigenvalue weighted by atomic mass is 32.2. The number of carbonyl (C=O) groups excluding carboxylic acids is 3. The van der Waals surface area contributed by atoms with Crippen molar-refractivity contribution in [1.29, 1.82) is 0 Å². The van der Waals surface area contributed by atoms with E-state index in [1.54, 1.807) is 27.7 Å². The number of Topliss-reactive ketones (excluding diaryl/α,β-unsaturated/α-hetero) is 1. The van der Waals surface area contributed by atoms with Crippen LogP contribution in [0, 0.1) is 5.41 Å². The summed E-state index contributed by atoms with van der Waals surface area (Å²) < 4.78 is 10.3. The van der Waals surface area contributed by atoms with Gasteiger partial charge in [0.1, 0.15) is 12.1 Å². The van der Waals surface area contributed by atoms with Crippen LogP contribution in [0.1, 0.15) is 41.5 Å². The van der Waals surface area contributed by atoms with Gasteiger partial charge in [-0.25, -0.2) is 4.79 Å². The second-order valence-corrected chi connectivity index (χ2v) is 8.85. The van der Waals surface area contributed by atoms with Gasteiger partial charge in [0, 0.05) is 18.3 Å². The molecule has 0 spiro atoms. The van der Waals surface area contributed by atoms with Gasteiger partial charge in [0.05, 0.1) is 11.5 Å². The van der Waals surface area contributed by atoms with Crippen LogP contribution < -0.4 is 0 Å². The lowest BCUT2D eigenvalue weighted by Gasteiger charge is -2.35. The molecule has 0 aromatic rings. The number of hydrogen-bond acceptors (Lipinski definition) is 6. The molecule has 6 nitrogen and oxygen atoms in total. The van der Waals surface area contributed by atoms with Crippen molar-refractivity contribution in [3.05, 3.63) is 0 Å². The van der Waals surface area contributed by atoms with Gasteiger partial charge >= 0.3 is 5.97 Å². The molecule has 1 heterocycles. The maximum atomic E-state index is 12.7. The summed E-state index contributed by atoms with van der Waals surface area (Å²) in [6.07, 6.45) is -0.406. The van der Waals surface area contributed by atoms with Crippen molar-refractivity contribution in [2.24, 2.45) is 5.41 Å². The second kappa shape index (κ2) is 7.21. The summed E-state index contributed by atoms with van der Waals surface area (Å²) in [5.74, 6) is -1.22. The number of methoxy groups -OCH3 is 1. The highest BCUT2D eigenvalue weighted by Crippen LogP contribution is 2.40. The second-order valence-electron chi connectivity index (χ2n) is 7.23. The van der Waals surface area contributed by atoms with E-state index >= 15 is 0 Å². The monoisotopic (exact) mass is 345 g/mol. The molecular formula is C16H27NO5S. The van der Waals surface area contributed by atoms with Crippen molar-refractivity contribution < 1.29 is 23.9 Å². The largest absolute Gasteiger partial charge is 0.459 e. The van der Waals surface area contributed by atoms with Crippen molar-refractivity contribution in [2.45, 2.75) is 58.6 Å². The third-order valence-electron chi connectivity index (χ3n) is 3.57. The van der Waals surface area contributed by atoms with E-state index in [2.05, 4.69) is 0 Å². The maximum Gasteiger partial charge on any atom is 0.330 e. The molecule has 1 saturated heterocycles. The molecule has 132 valence electrons. The topological polar surface area (TPSA) is 72.9 Å². The molecule has 1 amide bonds. The minimum Gasteiger partial charge on any atom is -0.459 e. The predicted octanol–water partition coefficient (Wildman–Crippen LogP) is 1.86. The Hall–Kier alpha value is -1.08. The number of carbonyl (C=O) groups is 3. The lowest BCUT2D eigenvalue weighted by Crippen LogP contribution is -2.54. The first-order chi connectivity index (χ1) is 10.4. The molecule has 1 fully saturated rings. The van der Waals surface area contributed by atoms with Crippen LogP contribution in [-0.2, 0) is 23.9 Å². The third kappa shape index (κ3) is 4.70. The molecule has 0 N–H and O–H groups in total. The maximum absolute atomic E-state index is 12.7. The average molecular weight is 345 g/mol. The van der Waals surface area contributed by atoms with Gasteiger partial charge in [0.25, 0.3) is 5.91 Å². The summed E-state index contributed by atoms with van der Waals surface area (Å²) in [7, 11) is 1.52. The van der Waals surface area contributed by atoms with Gasteiger partial charge in [-0.2, -0.15) is 0 Å². The number of ether oxygens (including phenoxy) is 2. The van der Waals surface area contributed by atoms with E-state index in [4.69, 9.17) is 9.47 Å². The van der Waals surface area contributed by atoms with Gasteiger partial charge in [-0.05, 0) is 20.8 Å². The summed E-state index contributed by atoms with van der Waals surface area (Å²) in [5, 5.41) is 0. The van der Waals surface area contributed by atoms with Crippen LogP contribution >= 0.6 is 11.8 Å². The summed E-state index contributed by atoms with van der Waals surface area (Å²) in [6.45, 7) is 10.7. The fraction of sp³-hybridized carbons (Fsp3) is 0.812. The van der Waals surface area contributed by atoms with Crippen molar-refractivity contribution in [2.75, 3.05) is 19.5 Å². The minimum atomic E-state index is -0.793. The standard InChI is InChI=1S/C16H27NO5S/c1-10(8-21-7)22-14(20)11-9-23-16(5,6)17(11)13(19)12(18)15(2,3)4/h10-11H,8-9H2,1-7H3/t10?,11-/m0/s1. The van der Waals surface area contributed by atoms with Crippen molar-refractivity contribution in [3.8, 4) is 0 Å². The SMILES string of the molecule is COCC(C)OC(=O)[C@@H]1CSC(C)(C)N1C(=O)C(=O)C(C)(C)C. The first-order valence-electron chi connectivity index (χ1n) is 7.63. The van der Waals surface area contributed by atoms with E-state index in [0.29, 0.717) is 5.75 Å². The van der Waals surface area contributed by atoms with Gasteiger partial charge in [-0.3, -0.25) is 9.59 Å². The molecule has 0 aromatic heterocycles. The van der Waals surface area contributed by atoms with E-state index in [0.717, 1.165) is 0 Å². The van der Waals surface area contributed by atoms with Crippen molar-refractivity contribution in [1.82, 2.24) is 4.90 Å². The summed E-state index contributed by atoms with van der Waals surface area (Å²) >= 11 is 1.46. The zero-order chi connectivity index (χ0) is 18.0. The van der Waals surface area contributed by atoms with Crippen LogP contribution in [0.2, 0.25) is 0 Å². The molecule has 23 heavy (non-hydrogen) atoms. The van der Waals surface area contributed by atoms with Gasteiger partial charge in [0.15, 0.2) is 0 Å². The van der Waals surface area contributed by atoms with Gasteiger partial charge in [-0.1, -0.05) is 20.8 Å². The summed E-state index contributed by atoms with van der Waals surface area (Å²) in [5.41, 5.74) is -0.793. The number of thioether (sulfide) groups is 1. The Balaban J connectivity index is 2.98. The molecule has 0 aliphatic carbocycles. The van der Waals surface area contributed by atoms with E-state index in [9.17, 15) is 14.4 Å². The van der Waals surface area contributed by atoms with Crippen molar-refractivity contribution in [3.63, 3.8) is 0 Å². The van der Waals surface area contributed by atoms with Crippen LogP contribution in [0.3, 0.4) is 0 Å². The molecule has 0 radical (unpaired) electrons. The van der Waals surface area contributed by atoms with Gasteiger partial charge in [-0.15, -0.1) is 11.8 Å². The Morgan fingerprint density at radius 3 is 2.35 bits per heavy atom. The van der Waals surface area contributed by atoms with E-state index < -0.39 is 40.1 Å². The van der Waals surface area contributed by atoms with E-state index in [-0.39, 0.29) is 6.61 Å². The first kappa shape index (κ1) is 20.0. The number of hydrogen-bond donors (Lipinski definition) is 0. The molecule has 1 rings (SSSR count). The highest BCUT2D eigenvalue weighted by molar-refractivity contribution is 8.00. The molecule has 0 saturated carbocycles. The normalized spacial score (nSPS) is 21.9. The van der Waals surface area contributed by atoms with Crippen LogP contribution in [0.15, 0.2) is 0 Å². The van der Waals surface area contributed by atoms with Crippen LogP contribution in [-0.4, -0.2) is 59.0 Å². The Bertz CT molecular complexity index is 483. The van der Waals surface area contributed by atoms with Crippen LogP contribution in [0.5, 0.6) is 0 Å². The number of rotatable bonds is 5. The fourth-order valence-electron chi connectivity index (χ4n) is 2.34. The third-order valence-corrected chi connectivity index (χ3v) is 4.96. The first-order valence-corrected chi connectivity index (χ1v) is 8.62. The lowest BCUT2D eigenvalue weighted by atomic mass is 9.89. The smallest absolute Gasteiger partial charge is 0.330 e. The Morgan fingerprint density at radius 2 is 1.87 bits per heavy atom. The predicted molar refractivity (Wildman–Crippen MR) is 89.1 cm³/mol. The number of amides is 1. The summed E-state index contributed by atoms with van der Waals surface area (Å²) in [6, 6.07) is -0.756. The molecular weight excluding hydrogens is 318 g/mol. The Labute approximate surface area is 142 Å². The number of ketones is 1. The average Bonchev–Trinajstić information content (AvgIpc) is 2.71. The summed E-state index contributed by atoms with van der Waals surface area (Å²) in [4.78, 5) is 38.2. The molecule has 1 aliphatic rings. The Morgan fingerprint density at radius 1 is 1.30 bits per heavy atom. The van der Waals surface area contributed by atoms with Gasteiger partial charge < -0.3 is 14.4 Å². The van der Waals surface area contributed by atoms with Gasteiger partial charge in [0.2, 0.25) is 5.78 Å². The molecule has 1 unspecified atom stereocenters. The van der Waals surface area contributed by atoms with Crippen molar-refractivity contribution >= 4 is 29.4 Å². The van der Waals surface area contributed by atoms with Crippen LogP contribution in [0.4, 0.5) is 0 Å². The zero-order valence-electron chi connectivity index (χ0n) is 15.0. The fourth-order valence-corrected chi connectivity index (χ4v) is 3.54. The zero-order valence-corrected chi connectivity index (χ0v) is 15.8. The minimum absolute atomic E-state index is 0.282. The van der Waals surface area contributed by atoms with Crippen LogP contribution in [0.25, 0.3) is 0 Å². The number of nitrogens with zero attached hydrogens (tertiary/aromatic N) is 1. The molecule has 7 heteroatoms.